The highest BCUT2D eigenvalue weighted by Crippen LogP contribution is 2.22. The third kappa shape index (κ3) is 5.09. The third-order valence-electron chi connectivity index (χ3n) is 4.51. The number of carbonyl (C=O) groups excluding carboxylic acids is 2. The molecule has 0 aliphatic heterocycles. The minimum atomic E-state index is -0.474. The Morgan fingerprint density at radius 2 is 1.97 bits per heavy atom. The van der Waals surface area contributed by atoms with Crippen molar-refractivity contribution in [3.05, 3.63) is 76.3 Å². The van der Waals surface area contributed by atoms with Crippen LogP contribution in [0, 0.1) is 5.82 Å². The van der Waals surface area contributed by atoms with Crippen LogP contribution in [0.4, 0.5) is 10.1 Å². The number of carbonyl (C=O) groups is 2. The summed E-state index contributed by atoms with van der Waals surface area (Å²) in [6.45, 7) is 1.97. The van der Waals surface area contributed by atoms with Crippen LogP contribution in [0.5, 0.6) is 0 Å². The lowest BCUT2D eigenvalue weighted by Gasteiger charge is -2.07. The molecule has 4 aromatic rings. The van der Waals surface area contributed by atoms with E-state index in [9.17, 15) is 18.8 Å². The van der Waals surface area contributed by atoms with Gasteiger partial charge < -0.3 is 10.1 Å². The summed E-state index contributed by atoms with van der Waals surface area (Å²) in [5.41, 5.74) is 1.68. The summed E-state index contributed by atoms with van der Waals surface area (Å²) in [5.74, 6) is -1.22. The molecule has 0 radical (unpaired) electrons. The maximum absolute atomic E-state index is 13.2. The summed E-state index contributed by atoms with van der Waals surface area (Å²) in [6, 6.07) is 13.7. The molecule has 0 fully saturated rings. The van der Waals surface area contributed by atoms with Gasteiger partial charge in [0, 0.05) is 11.3 Å². The zero-order valence-electron chi connectivity index (χ0n) is 17.4. The molecule has 2 N–H and O–H groups in total. The van der Waals surface area contributed by atoms with Crippen LogP contribution in [0.1, 0.15) is 17.3 Å². The molecule has 11 heteroatoms. The number of fused-ring (bicyclic) bond motifs is 1. The summed E-state index contributed by atoms with van der Waals surface area (Å²) in [5, 5.41) is 13.8. The van der Waals surface area contributed by atoms with Crippen molar-refractivity contribution in [3.8, 4) is 11.3 Å². The molecule has 2 aromatic heterocycles. The second kappa shape index (κ2) is 9.65. The summed E-state index contributed by atoms with van der Waals surface area (Å²) in [4.78, 5) is 36.5. The van der Waals surface area contributed by atoms with E-state index in [2.05, 4.69) is 20.6 Å². The Morgan fingerprint density at radius 3 is 2.73 bits per heavy atom. The Kier molecular flexibility index (Phi) is 6.50. The lowest BCUT2D eigenvalue weighted by molar-refractivity contribution is -0.113. The first-order chi connectivity index (χ1) is 15.9. The normalized spacial score (nSPS) is 10.8. The van der Waals surface area contributed by atoms with Gasteiger partial charge in [-0.15, -0.1) is 5.10 Å². The van der Waals surface area contributed by atoms with Gasteiger partial charge in [-0.05, 0) is 55.5 Å². The molecule has 0 bridgehead atoms. The van der Waals surface area contributed by atoms with Gasteiger partial charge in [0.05, 0.1) is 23.6 Å². The van der Waals surface area contributed by atoms with Crippen LogP contribution in [-0.2, 0) is 9.53 Å². The van der Waals surface area contributed by atoms with E-state index in [1.807, 2.05) is 0 Å². The van der Waals surface area contributed by atoms with Crippen molar-refractivity contribution in [3.63, 3.8) is 0 Å². The first kappa shape index (κ1) is 22.2. The van der Waals surface area contributed by atoms with E-state index in [0.29, 0.717) is 27.7 Å². The van der Waals surface area contributed by atoms with Crippen LogP contribution in [0.15, 0.2) is 64.5 Å². The number of amides is 1. The van der Waals surface area contributed by atoms with Gasteiger partial charge in [-0.1, -0.05) is 17.8 Å². The van der Waals surface area contributed by atoms with Gasteiger partial charge in [-0.3, -0.25) is 9.59 Å². The minimum Gasteiger partial charge on any atom is -0.462 e. The Morgan fingerprint density at radius 1 is 1.18 bits per heavy atom. The Hall–Kier alpha value is -3.99. The lowest BCUT2D eigenvalue weighted by Crippen LogP contribution is -2.17. The van der Waals surface area contributed by atoms with Crippen LogP contribution in [-0.4, -0.2) is 44.0 Å². The third-order valence-corrected chi connectivity index (χ3v) is 5.44. The van der Waals surface area contributed by atoms with E-state index >= 15 is 0 Å². The Bertz CT molecular complexity index is 1380. The van der Waals surface area contributed by atoms with Gasteiger partial charge in [0.2, 0.25) is 11.1 Å². The average Bonchev–Trinajstić information content (AvgIpc) is 3.26. The highest BCUT2D eigenvalue weighted by molar-refractivity contribution is 7.99. The van der Waals surface area contributed by atoms with E-state index in [-0.39, 0.29) is 29.6 Å². The minimum absolute atomic E-state index is 0.0243. The molecule has 0 saturated heterocycles. The van der Waals surface area contributed by atoms with Crippen LogP contribution in [0.25, 0.3) is 16.8 Å². The zero-order valence-corrected chi connectivity index (χ0v) is 18.2. The van der Waals surface area contributed by atoms with Gasteiger partial charge in [0.25, 0.3) is 5.56 Å². The molecule has 0 aliphatic rings. The fourth-order valence-corrected chi connectivity index (χ4v) is 3.72. The number of hydrogen-bond acceptors (Lipinski definition) is 7. The number of halogens is 1. The number of esters is 1. The predicted molar refractivity (Wildman–Crippen MR) is 121 cm³/mol. The molecule has 4 rings (SSSR count). The van der Waals surface area contributed by atoms with Crippen molar-refractivity contribution < 1.29 is 18.7 Å². The Balaban J connectivity index is 1.49. The van der Waals surface area contributed by atoms with Crippen LogP contribution in [0.2, 0.25) is 0 Å². The van der Waals surface area contributed by atoms with Crippen LogP contribution < -0.4 is 10.9 Å². The van der Waals surface area contributed by atoms with Crippen molar-refractivity contribution >= 4 is 34.8 Å². The highest BCUT2D eigenvalue weighted by atomic mass is 32.2. The molecule has 2 heterocycles. The second-order valence-corrected chi connectivity index (χ2v) is 7.75. The van der Waals surface area contributed by atoms with Crippen LogP contribution >= 0.6 is 11.8 Å². The van der Waals surface area contributed by atoms with E-state index in [1.54, 1.807) is 43.3 Å². The highest BCUT2D eigenvalue weighted by Gasteiger charge is 2.14. The van der Waals surface area contributed by atoms with Crippen molar-refractivity contribution in [2.75, 3.05) is 17.7 Å². The van der Waals surface area contributed by atoms with Gasteiger partial charge in [-0.2, -0.15) is 5.10 Å². The summed E-state index contributed by atoms with van der Waals surface area (Å²) >= 11 is 1.07. The molecule has 1 amide bonds. The van der Waals surface area contributed by atoms with E-state index in [0.717, 1.165) is 11.8 Å². The monoisotopic (exact) mass is 467 g/mol. The van der Waals surface area contributed by atoms with E-state index < -0.39 is 11.5 Å². The number of aromatic amines is 1. The first-order valence-corrected chi connectivity index (χ1v) is 10.9. The van der Waals surface area contributed by atoms with E-state index in [1.165, 1.54) is 22.7 Å². The van der Waals surface area contributed by atoms with Gasteiger partial charge in [0.15, 0.2) is 0 Å². The zero-order chi connectivity index (χ0) is 23.4. The quantitative estimate of drug-likeness (QED) is 0.317. The second-order valence-electron chi connectivity index (χ2n) is 6.81. The van der Waals surface area contributed by atoms with Crippen molar-refractivity contribution in [1.29, 1.82) is 0 Å². The number of aromatic nitrogens is 4. The number of hydrogen-bond donors (Lipinski definition) is 2. The number of nitrogens with one attached hydrogen (secondary N) is 2. The number of anilines is 1. The Labute approximate surface area is 191 Å². The first-order valence-electron chi connectivity index (χ1n) is 9.89. The van der Waals surface area contributed by atoms with Gasteiger partial charge >= 0.3 is 5.97 Å². The van der Waals surface area contributed by atoms with Gasteiger partial charge in [0.1, 0.15) is 11.3 Å². The molecule has 33 heavy (non-hydrogen) atoms. The standard InChI is InChI=1S/C22H18FN5O4S/c1-2-32-21(31)14-4-3-5-16(10-14)24-19(29)12-33-22-26-25-20(30)18-11-17(27-28(18)22)13-6-8-15(23)9-7-13/h3-11H,2,12H2,1H3,(H,24,29)(H,25,30). The number of thioether (sulfide) groups is 1. The summed E-state index contributed by atoms with van der Waals surface area (Å²) < 4.78 is 19.5. The molecule has 0 saturated carbocycles. The predicted octanol–water partition coefficient (Wildman–Crippen LogP) is 3.13. The largest absolute Gasteiger partial charge is 0.462 e. The molecule has 0 unspecified atom stereocenters. The molecular weight excluding hydrogens is 449 g/mol. The molecule has 0 atom stereocenters. The maximum Gasteiger partial charge on any atom is 0.338 e. The number of H-pyrrole nitrogens is 1. The molecule has 0 aliphatic carbocycles. The fourth-order valence-electron chi connectivity index (χ4n) is 3.01. The van der Waals surface area contributed by atoms with Crippen LogP contribution in [0.3, 0.4) is 0 Å². The number of benzene rings is 2. The molecule has 2 aromatic carbocycles. The smallest absolute Gasteiger partial charge is 0.338 e. The SMILES string of the molecule is CCOC(=O)c1cccc(NC(=O)CSc2n[nH]c(=O)c3cc(-c4ccc(F)cc4)nn23)c1. The topological polar surface area (TPSA) is 118 Å². The van der Waals surface area contributed by atoms with E-state index in [4.69, 9.17) is 4.74 Å². The van der Waals surface area contributed by atoms with Crippen molar-refractivity contribution in [1.82, 2.24) is 19.8 Å². The molecular formula is C22H18FN5O4S. The number of rotatable bonds is 7. The molecule has 9 nitrogen and oxygen atoms in total. The summed E-state index contributed by atoms with van der Waals surface area (Å²) in [6.07, 6.45) is 0. The van der Waals surface area contributed by atoms with Gasteiger partial charge in [-0.25, -0.2) is 18.8 Å². The number of ether oxygens (including phenoxy) is 1. The van der Waals surface area contributed by atoms with Crippen molar-refractivity contribution in [2.45, 2.75) is 12.1 Å². The summed E-state index contributed by atoms with van der Waals surface area (Å²) in [7, 11) is 0. The number of nitrogens with zero attached hydrogens (tertiary/aromatic N) is 3. The van der Waals surface area contributed by atoms with Crippen molar-refractivity contribution in [2.24, 2.45) is 0 Å². The lowest BCUT2D eigenvalue weighted by atomic mass is 10.1. The fraction of sp³-hybridized carbons (Fsp3) is 0.136. The molecule has 0 spiro atoms. The molecule has 168 valence electrons. The average molecular weight is 467 g/mol. The maximum atomic E-state index is 13.2.